The van der Waals surface area contributed by atoms with Crippen molar-refractivity contribution in [2.24, 2.45) is 0 Å². The van der Waals surface area contributed by atoms with Crippen molar-refractivity contribution in [3.8, 4) is 5.75 Å². The predicted molar refractivity (Wildman–Crippen MR) is 82.9 cm³/mol. The lowest BCUT2D eigenvalue weighted by Gasteiger charge is -2.24. The van der Waals surface area contributed by atoms with E-state index in [0.717, 1.165) is 31.1 Å². The average molecular weight is 333 g/mol. The van der Waals surface area contributed by atoms with Crippen molar-refractivity contribution in [1.82, 2.24) is 5.32 Å². The molecule has 2 aliphatic heterocycles. The summed E-state index contributed by atoms with van der Waals surface area (Å²) >= 11 is 0. The van der Waals surface area contributed by atoms with Crippen LogP contribution in [0, 0.1) is 5.82 Å². The van der Waals surface area contributed by atoms with Crippen LogP contribution in [0.4, 0.5) is 4.39 Å². The Bertz CT molecular complexity index is 866. The molecule has 0 aliphatic carbocycles. The molecule has 2 aromatic carbocycles. The standard InChI is InChI=1S/C17H16FNO3S/c18-11-2-1-3-12(8-11)23(20,21)13-4-5-14-15-6-7-19-10-17(15)22-16(14)9-13/h1-5,8-9,15,17,19H,6-7,10H2/t15-,17-/m0/s1. The van der Waals surface area contributed by atoms with Crippen molar-refractivity contribution >= 4 is 9.84 Å². The minimum absolute atomic E-state index is 0.0467. The van der Waals surface area contributed by atoms with E-state index in [2.05, 4.69) is 5.32 Å². The SMILES string of the molecule is O=S(=O)(c1cccc(F)c1)c1ccc2c(c1)O[C@H]1CNCC[C@@H]21. The van der Waals surface area contributed by atoms with Gasteiger partial charge in [0.1, 0.15) is 17.7 Å². The second kappa shape index (κ2) is 5.32. The Morgan fingerprint density at radius 2 is 1.96 bits per heavy atom. The number of ether oxygens (including phenoxy) is 1. The van der Waals surface area contributed by atoms with Gasteiger partial charge in [0.25, 0.3) is 0 Å². The van der Waals surface area contributed by atoms with Crippen molar-refractivity contribution in [3.63, 3.8) is 0 Å². The van der Waals surface area contributed by atoms with Gasteiger partial charge in [-0.25, -0.2) is 12.8 Å². The zero-order valence-corrected chi connectivity index (χ0v) is 13.1. The van der Waals surface area contributed by atoms with Gasteiger partial charge in [0.05, 0.1) is 9.79 Å². The highest BCUT2D eigenvalue weighted by Gasteiger charge is 2.36. The quantitative estimate of drug-likeness (QED) is 0.917. The molecule has 0 radical (unpaired) electrons. The van der Waals surface area contributed by atoms with Gasteiger partial charge in [-0.2, -0.15) is 0 Å². The number of fused-ring (bicyclic) bond motifs is 3. The maximum absolute atomic E-state index is 13.3. The number of benzene rings is 2. The normalized spacial score (nSPS) is 23.0. The third-order valence-corrected chi connectivity index (χ3v) is 6.26. The maximum Gasteiger partial charge on any atom is 0.206 e. The summed E-state index contributed by atoms with van der Waals surface area (Å²) in [5, 5.41) is 3.28. The Morgan fingerprint density at radius 1 is 1.13 bits per heavy atom. The molecule has 1 saturated heterocycles. The fourth-order valence-corrected chi connectivity index (χ4v) is 4.64. The van der Waals surface area contributed by atoms with E-state index in [1.807, 2.05) is 6.07 Å². The number of hydrogen-bond acceptors (Lipinski definition) is 4. The highest BCUT2D eigenvalue weighted by Crippen LogP contribution is 2.42. The molecule has 0 unspecified atom stereocenters. The van der Waals surface area contributed by atoms with E-state index in [4.69, 9.17) is 4.74 Å². The second-order valence-corrected chi connectivity index (χ2v) is 7.87. The summed E-state index contributed by atoms with van der Waals surface area (Å²) < 4.78 is 44.6. The van der Waals surface area contributed by atoms with E-state index in [1.165, 1.54) is 18.2 Å². The van der Waals surface area contributed by atoms with Gasteiger partial charge in [0.2, 0.25) is 9.84 Å². The molecule has 120 valence electrons. The molecule has 0 saturated carbocycles. The number of sulfone groups is 1. The van der Waals surface area contributed by atoms with Gasteiger partial charge < -0.3 is 10.1 Å². The van der Waals surface area contributed by atoms with Crippen LogP contribution < -0.4 is 10.1 Å². The van der Waals surface area contributed by atoms with Crippen molar-refractivity contribution in [3.05, 3.63) is 53.8 Å². The van der Waals surface area contributed by atoms with Gasteiger partial charge in [0.15, 0.2) is 0 Å². The monoisotopic (exact) mass is 333 g/mol. The molecule has 2 aliphatic rings. The van der Waals surface area contributed by atoms with Crippen LogP contribution in [0.15, 0.2) is 52.3 Å². The van der Waals surface area contributed by atoms with Gasteiger partial charge in [-0.15, -0.1) is 0 Å². The Labute approximate surface area is 134 Å². The zero-order chi connectivity index (χ0) is 16.0. The first-order valence-corrected chi connectivity index (χ1v) is 9.06. The number of rotatable bonds is 2. The van der Waals surface area contributed by atoms with Gasteiger partial charge in [-0.1, -0.05) is 12.1 Å². The van der Waals surface area contributed by atoms with Crippen LogP contribution in [0.2, 0.25) is 0 Å². The molecule has 0 spiro atoms. The van der Waals surface area contributed by atoms with Gasteiger partial charge in [-0.3, -0.25) is 0 Å². The third kappa shape index (κ3) is 2.42. The minimum Gasteiger partial charge on any atom is -0.488 e. The van der Waals surface area contributed by atoms with Crippen LogP contribution in [0.5, 0.6) is 5.75 Å². The highest BCUT2D eigenvalue weighted by atomic mass is 32.2. The summed E-state index contributed by atoms with van der Waals surface area (Å²) in [5.41, 5.74) is 1.06. The molecule has 2 heterocycles. The van der Waals surface area contributed by atoms with E-state index >= 15 is 0 Å². The molecule has 1 N–H and O–H groups in total. The highest BCUT2D eigenvalue weighted by molar-refractivity contribution is 7.91. The minimum atomic E-state index is -3.75. The van der Waals surface area contributed by atoms with Crippen molar-refractivity contribution < 1.29 is 17.5 Å². The Morgan fingerprint density at radius 3 is 2.78 bits per heavy atom. The molecular formula is C17H16FNO3S. The van der Waals surface area contributed by atoms with Crippen molar-refractivity contribution in [2.75, 3.05) is 13.1 Å². The van der Waals surface area contributed by atoms with Gasteiger partial charge in [-0.05, 0) is 43.3 Å². The smallest absolute Gasteiger partial charge is 0.206 e. The topological polar surface area (TPSA) is 55.4 Å². The van der Waals surface area contributed by atoms with Crippen LogP contribution in [0.3, 0.4) is 0 Å². The first kappa shape index (κ1) is 14.7. The summed E-state index contributed by atoms with van der Waals surface area (Å²) in [5.74, 6) is 0.374. The third-order valence-electron chi connectivity index (χ3n) is 4.51. The van der Waals surface area contributed by atoms with Crippen LogP contribution in [-0.2, 0) is 9.84 Å². The van der Waals surface area contributed by atoms with Crippen LogP contribution >= 0.6 is 0 Å². The van der Waals surface area contributed by atoms with Crippen LogP contribution in [-0.4, -0.2) is 27.6 Å². The van der Waals surface area contributed by atoms with Gasteiger partial charge >= 0.3 is 0 Å². The molecule has 0 aromatic heterocycles. The molecule has 4 nitrogen and oxygen atoms in total. The molecule has 4 rings (SSSR count). The number of hydrogen-bond donors (Lipinski definition) is 1. The maximum atomic E-state index is 13.3. The Hall–Kier alpha value is -1.92. The van der Waals surface area contributed by atoms with Crippen molar-refractivity contribution in [2.45, 2.75) is 28.2 Å². The summed E-state index contributed by atoms with van der Waals surface area (Å²) in [6.45, 7) is 1.71. The molecule has 1 fully saturated rings. The summed E-state index contributed by atoms with van der Waals surface area (Å²) in [6.07, 6.45) is 1.04. The first-order chi connectivity index (χ1) is 11.1. The molecule has 0 bridgehead atoms. The van der Waals surface area contributed by atoms with Crippen molar-refractivity contribution in [1.29, 1.82) is 0 Å². The van der Waals surface area contributed by atoms with E-state index in [1.54, 1.807) is 12.1 Å². The first-order valence-electron chi connectivity index (χ1n) is 7.58. The largest absolute Gasteiger partial charge is 0.488 e. The lowest BCUT2D eigenvalue weighted by atomic mass is 9.90. The molecule has 2 aromatic rings. The molecule has 2 atom stereocenters. The van der Waals surface area contributed by atoms with E-state index in [0.29, 0.717) is 11.7 Å². The number of halogens is 1. The Balaban J connectivity index is 1.74. The number of piperidine rings is 1. The van der Waals surface area contributed by atoms with Gasteiger partial charge in [0, 0.05) is 18.0 Å². The van der Waals surface area contributed by atoms with E-state index in [9.17, 15) is 12.8 Å². The fourth-order valence-electron chi connectivity index (χ4n) is 3.33. The molecule has 0 amide bonds. The fraction of sp³-hybridized carbons (Fsp3) is 0.294. The Kier molecular flexibility index (Phi) is 3.39. The van der Waals surface area contributed by atoms with E-state index in [-0.39, 0.29) is 15.9 Å². The lowest BCUT2D eigenvalue weighted by Crippen LogP contribution is -2.39. The molecule has 6 heteroatoms. The lowest BCUT2D eigenvalue weighted by molar-refractivity contribution is 0.176. The molecule has 23 heavy (non-hydrogen) atoms. The van der Waals surface area contributed by atoms with Crippen LogP contribution in [0.1, 0.15) is 17.9 Å². The van der Waals surface area contributed by atoms with Crippen LogP contribution in [0.25, 0.3) is 0 Å². The summed E-state index contributed by atoms with van der Waals surface area (Å²) in [4.78, 5) is 0.0861. The summed E-state index contributed by atoms with van der Waals surface area (Å²) in [6, 6.07) is 10.0. The summed E-state index contributed by atoms with van der Waals surface area (Å²) in [7, 11) is -3.75. The molecular weight excluding hydrogens is 317 g/mol. The van der Waals surface area contributed by atoms with E-state index < -0.39 is 15.7 Å². The zero-order valence-electron chi connectivity index (χ0n) is 12.3. The second-order valence-electron chi connectivity index (χ2n) is 5.92. The predicted octanol–water partition coefficient (Wildman–Crippen LogP) is 2.50. The average Bonchev–Trinajstić information content (AvgIpc) is 2.92. The number of nitrogens with one attached hydrogen (secondary N) is 1.